The third-order valence-electron chi connectivity index (χ3n) is 6.38. The van der Waals surface area contributed by atoms with Gasteiger partial charge in [0.1, 0.15) is 6.54 Å². The summed E-state index contributed by atoms with van der Waals surface area (Å²) in [5, 5.41) is 12.7. The minimum Gasteiger partial charge on any atom is -0.337 e. The Labute approximate surface area is 176 Å². The van der Waals surface area contributed by atoms with E-state index in [4.69, 9.17) is 0 Å². The molecule has 3 atom stereocenters. The third kappa shape index (κ3) is 3.29. The molecule has 0 bridgehead atoms. The van der Waals surface area contributed by atoms with Crippen LogP contribution in [-0.4, -0.2) is 52.3 Å². The van der Waals surface area contributed by atoms with Gasteiger partial charge in [-0.2, -0.15) is 4.80 Å². The van der Waals surface area contributed by atoms with Crippen LogP contribution in [0.3, 0.4) is 0 Å². The Hall–Kier alpha value is -3.06. The van der Waals surface area contributed by atoms with Crippen molar-refractivity contribution >= 4 is 11.6 Å². The fourth-order valence-corrected chi connectivity index (χ4v) is 4.85. The molecule has 1 fully saturated rings. The zero-order chi connectivity index (χ0) is 20.8. The number of hydrogen-bond acceptors (Lipinski definition) is 4. The number of likely N-dealkylation sites (tertiary alicyclic amines) is 1. The lowest BCUT2D eigenvalue weighted by Crippen LogP contribution is -3.11. The highest BCUT2D eigenvalue weighted by atomic mass is 16.2. The average Bonchev–Trinajstić information content (AvgIpc) is 3.31. The second-order valence-electron chi connectivity index (χ2n) is 8.71. The van der Waals surface area contributed by atoms with Gasteiger partial charge < -0.3 is 9.80 Å². The Morgan fingerprint density at radius 3 is 2.70 bits per heavy atom. The molecule has 7 nitrogen and oxygen atoms in total. The van der Waals surface area contributed by atoms with Crippen LogP contribution in [0.1, 0.15) is 29.0 Å². The molecule has 2 aromatic carbocycles. The van der Waals surface area contributed by atoms with Crippen LogP contribution in [0.15, 0.2) is 42.5 Å². The van der Waals surface area contributed by atoms with Crippen molar-refractivity contribution in [3.8, 4) is 11.4 Å². The highest BCUT2D eigenvalue weighted by molar-refractivity contribution is 5.96. The first-order valence-electron chi connectivity index (χ1n) is 10.6. The van der Waals surface area contributed by atoms with Crippen molar-refractivity contribution in [2.45, 2.75) is 38.8 Å². The molecule has 0 radical (unpaired) electrons. The molecule has 2 aliphatic rings. The Morgan fingerprint density at radius 2 is 1.90 bits per heavy atom. The highest BCUT2D eigenvalue weighted by Gasteiger charge is 2.45. The van der Waals surface area contributed by atoms with E-state index in [1.807, 2.05) is 36.1 Å². The third-order valence-corrected chi connectivity index (χ3v) is 6.38. The number of carbonyl (C=O) groups is 1. The van der Waals surface area contributed by atoms with Crippen LogP contribution in [0.4, 0.5) is 5.69 Å². The maximum Gasteiger partial charge on any atom is 0.250 e. The summed E-state index contributed by atoms with van der Waals surface area (Å²) < 4.78 is 0. The van der Waals surface area contributed by atoms with E-state index < -0.39 is 0 Å². The van der Waals surface area contributed by atoms with Gasteiger partial charge in [-0.3, -0.25) is 4.79 Å². The van der Waals surface area contributed by atoms with Crippen molar-refractivity contribution in [1.29, 1.82) is 0 Å². The van der Waals surface area contributed by atoms with Crippen LogP contribution < -0.4 is 9.80 Å². The van der Waals surface area contributed by atoms with Gasteiger partial charge in [0.25, 0.3) is 5.91 Å². The van der Waals surface area contributed by atoms with Crippen molar-refractivity contribution in [3.63, 3.8) is 0 Å². The van der Waals surface area contributed by atoms with Crippen molar-refractivity contribution in [2.75, 3.05) is 25.0 Å². The van der Waals surface area contributed by atoms with Gasteiger partial charge in [0, 0.05) is 17.7 Å². The van der Waals surface area contributed by atoms with E-state index in [0.29, 0.717) is 11.7 Å². The molecule has 3 heterocycles. The van der Waals surface area contributed by atoms with Gasteiger partial charge in [-0.15, -0.1) is 10.2 Å². The molecular weight excluding hydrogens is 376 g/mol. The summed E-state index contributed by atoms with van der Waals surface area (Å²) in [6, 6.07) is 14.7. The monoisotopic (exact) mass is 403 g/mol. The number of quaternary nitrogens is 1. The summed E-state index contributed by atoms with van der Waals surface area (Å²) in [6.07, 6.45) is 1.01. The zero-order valence-electron chi connectivity index (χ0n) is 17.7. The van der Waals surface area contributed by atoms with E-state index in [1.165, 1.54) is 26.4 Å². The number of nitrogens with zero attached hydrogens (tertiary/aromatic N) is 5. The van der Waals surface area contributed by atoms with Crippen LogP contribution in [0.25, 0.3) is 11.4 Å². The standard InChI is InChI=1S/C23H26N6O/c1-15-4-7-17(8-5-15)23-24-26-28(25-23)14-22(30)29-20-9-6-16(2)12-18(20)19-13-27(3)11-10-21(19)29/h4-9,12,19,21H,10-11,13-14H2,1-3H3/p+1/t19-,21-/m0/s1. The van der Waals surface area contributed by atoms with Gasteiger partial charge in [-0.25, -0.2) is 0 Å². The maximum absolute atomic E-state index is 13.4. The zero-order valence-corrected chi connectivity index (χ0v) is 17.7. The molecule has 1 aromatic heterocycles. The quantitative estimate of drug-likeness (QED) is 0.717. The van der Waals surface area contributed by atoms with Gasteiger partial charge in [-0.1, -0.05) is 47.5 Å². The number of fused-ring (bicyclic) bond motifs is 3. The van der Waals surface area contributed by atoms with E-state index >= 15 is 0 Å². The molecule has 7 heteroatoms. The predicted octanol–water partition coefficient (Wildman–Crippen LogP) is 1.37. The SMILES string of the molecule is Cc1ccc(-c2nnn(CC(=O)N3c4ccc(C)cc4[C@@H]4C[NH+](C)CC[C@@H]43)n2)cc1. The normalized spacial score (nSPS) is 22.6. The maximum atomic E-state index is 13.4. The van der Waals surface area contributed by atoms with E-state index in [9.17, 15) is 4.79 Å². The largest absolute Gasteiger partial charge is 0.337 e. The molecule has 5 rings (SSSR count). The summed E-state index contributed by atoms with van der Waals surface area (Å²) >= 11 is 0. The van der Waals surface area contributed by atoms with Crippen molar-refractivity contribution < 1.29 is 9.69 Å². The lowest BCUT2D eigenvalue weighted by atomic mass is 9.89. The van der Waals surface area contributed by atoms with Crippen LogP contribution in [0.2, 0.25) is 0 Å². The number of benzene rings is 2. The molecule has 3 aromatic rings. The second-order valence-corrected chi connectivity index (χ2v) is 8.71. The van der Waals surface area contributed by atoms with Crippen LogP contribution in [0, 0.1) is 13.8 Å². The van der Waals surface area contributed by atoms with Gasteiger partial charge >= 0.3 is 0 Å². The number of likely N-dealkylation sites (N-methyl/N-ethyl adjacent to an activating group) is 1. The number of anilines is 1. The Bertz CT molecular complexity index is 1090. The molecular formula is C23H27N6O+. The van der Waals surface area contributed by atoms with Gasteiger partial charge in [0.2, 0.25) is 5.82 Å². The predicted molar refractivity (Wildman–Crippen MR) is 114 cm³/mol. The number of piperidine rings is 1. The number of amides is 1. The molecule has 0 saturated carbocycles. The summed E-state index contributed by atoms with van der Waals surface area (Å²) in [5.41, 5.74) is 5.68. The van der Waals surface area contributed by atoms with Gasteiger partial charge in [0.15, 0.2) is 0 Å². The molecule has 0 spiro atoms. The van der Waals surface area contributed by atoms with E-state index in [1.54, 1.807) is 0 Å². The van der Waals surface area contributed by atoms with E-state index in [-0.39, 0.29) is 18.5 Å². The van der Waals surface area contributed by atoms with Crippen LogP contribution >= 0.6 is 0 Å². The number of hydrogen-bond donors (Lipinski definition) is 1. The first-order chi connectivity index (χ1) is 14.5. The van der Waals surface area contributed by atoms with Crippen molar-refractivity contribution in [2.24, 2.45) is 0 Å². The minimum absolute atomic E-state index is 0.0278. The molecule has 1 amide bonds. The number of tetrazole rings is 1. The van der Waals surface area contributed by atoms with Crippen molar-refractivity contribution in [3.05, 3.63) is 59.2 Å². The lowest BCUT2D eigenvalue weighted by Gasteiger charge is -2.34. The van der Waals surface area contributed by atoms with Crippen LogP contribution in [-0.2, 0) is 11.3 Å². The highest BCUT2D eigenvalue weighted by Crippen LogP contribution is 2.43. The summed E-state index contributed by atoms with van der Waals surface area (Å²) in [5.74, 6) is 0.963. The Morgan fingerprint density at radius 1 is 1.13 bits per heavy atom. The molecule has 1 unspecified atom stereocenters. The first-order valence-corrected chi connectivity index (χ1v) is 10.6. The van der Waals surface area contributed by atoms with Crippen molar-refractivity contribution in [1.82, 2.24) is 20.2 Å². The topological polar surface area (TPSA) is 68.3 Å². The summed E-state index contributed by atoms with van der Waals surface area (Å²) in [4.78, 5) is 18.3. The van der Waals surface area contributed by atoms with Gasteiger partial charge in [-0.05, 0) is 30.7 Å². The first kappa shape index (κ1) is 18.9. The summed E-state index contributed by atoms with van der Waals surface area (Å²) in [7, 11) is 2.24. The number of aryl methyl sites for hydroxylation is 2. The second kappa shape index (κ2) is 7.32. The van der Waals surface area contributed by atoms with Crippen LogP contribution in [0.5, 0.6) is 0 Å². The summed E-state index contributed by atoms with van der Waals surface area (Å²) in [6.45, 7) is 6.39. The number of carbonyl (C=O) groups excluding carboxylic acids is 1. The fourth-order valence-electron chi connectivity index (χ4n) is 4.85. The number of nitrogens with one attached hydrogen (secondary N) is 1. The molecule has 154 valence electrons. The van der Waals surface area contributed by atoms with Gasteiger partial charge in [0.05, 0.1) is 32.1 Å². The van der Waals surface area contributed by atoms with E-state index in [2.05, 4.69) is 47.6 Å². The Balaban J connectivity index is 1.40. The fraction of sp³-hybridized carbons (Fsp3) is 0.391. The number of rotatable bonds is 3. The molecule has 30 heavy (non-hydrogen) atoms. The van der Waals surface area contributed by atoms with E-state index in [0.717, 1.165) is 30.8 Å². The Kier molecular flexibility index (Phi) is 4.62. The number of aromatic nitrogens is 4. The molecule has 2 aliphatic heterocycles. The minimum atomic E-state index is 0.0278. The molecule has 0 aliphatic carbocycles. The smallest absolute Gasteiger partial charge is 0.250 e. The molecule has 1 N–H and O–H groups in total. The molecule has 1 saturated heterocycles. The average molecular weight is 404 g/mol. The lowest BCUT2D eigenvalue weighted by molar-refractivity contribution is -0.886.